The first-order valence-electron chi connectivity index (χ1n) is 17.0. The Morgan fingerprint density at radius 1 is 0.490 bits per heavy atom. The molecule has 230 valence electrons. The largest absolute Gasteiger partial charge is 0.309 e. The van der Waals surface area contributed by atoms with Gasteiger partial charge in [-0.25, -0.2) is 4.98 Å². The second kappa shape index (κ2) is 11.1. The van der Waals surface area contributed by atoms with Crippen LogP contribution < -0.4 is 0 Å². The molecular weight excluding hydrogens is 595 g/mol. The lowest BCUT2D eigenvalue weighted by molar-refractivity contribution is 1.04. The van der Waals surface area contributed by atoms with Crippen molar-refractivity contribution in [1.82, 2.24) is 14.5 Å². The first-order chi connectivity index (χ1) is 24.3. The number of rotatable bonds is 4. The summed E-state index contributed by atoms with van der Waals surface area (Å²) >= 11 is 0. The van der Waals surface area contributed by atoms with Crippen molar-refractivity contribution in [1.29, 1.82) is 0 Å². The molecular formula is C46H31N3. The fraction of sp³-hybridized carbons (Fsp3) is 0.0435. The predicted octanol–water partition coefficient (Wildman–Crippen LogP) is 12.1. The van der Waals surface area contributed by atoms with Gasteiger partial charge in [0.05, 0.1) is 34.0 Å². The maximum atomic E-state index is 5.35. The molecule has 1 aliphatic carbocycles. The highest BCUT2D eigenvalue weighted by atomic mass is 15.0. The Morgan fingerprint density at radius 2 is 1.18 bits per heavy atom. The number of aromatic nitrogens is 3. The Bertz CT molecular complexity index is 2780. The third kappa shape index (κ3) is 4.43. The van der Waals surface area contributed by atoms with Gasteiger partial charge in [0.15, 0.2) is 0 Å². The highest BCUT2D eigenvalue weighted by Gasteiger charge is 2.18. The molecule has 0 amide bonds. The van der Waals surface area contributed by atoms with E-state index in [2.05, 4.69) is 162 Å². The zero-order chi connectivity index (χ0) is 32.3. The Morgan fingerprint density at radius 3 is 1.96 bits per heavy atom. The first kappa shape index (κ1) is 27.8. The molecule has 0 spiro atoms. The van der Waals surface area contributed by atoms with Crippen LogP contribution in [0.15, 0.2) is 164 Å². The van der Waals surface area contributed by atoms with Crippen LogP contribution in [-0.2, 0) is 0 Å². The molecule has 1 aliphatic rings. The monoisotopic (exact) mass is 625 g/mol. The Hall–Kier alpha value is -6.32. The van der Waals surface area contributed by atoms with Crippen LogP contribution >= 0.6 is 0 Å². The van der Waals surface area contributed by atoms with Crippen LogP contribution in [0.2, 0.25) is 0 Å². The number of para-hydroxylation sites is 1. The van der Waals surface area contributed by atoms with Gasteiger partial charge in [-0.2, -0.15) is 0 Å². The summed E-state index contributed by atoms with van der Waals surface area (Å²) < 4.78 is 2.40. The van der Waals surface area contributed by atoms with Gasteiger partial charge in [-0.15, -0.1) is 0 Å². The van der Waals surface area contributed by atoms with Gasteiger partial charge in [0.2, 0.25) is 0 Å². The minimum absolute atomic E-state index is 0.866. The summed E-state index contributed by atoms with van der Waals surface area (Å²) in [5.41, 5.74) is 12.2. The topological polar surface area (TPSA) is 30.7 Å². The van der Waals surface area contributed by atoms with Crippen LogP contribution in [0, 0.1) is 0 Å². The van der Waals surface area contributed by atoms with Gasteiger partial charge in [0, 0.05) is 32.8 Å². The van der Waals surface area contributed by atoms with Crippen molar-refractivity contribution in [2.45, 2.75) is 12.8 Å². The molecule has 0 fully saturated rings. The van der Waals surface area contributed by atoms with Gasteiger partial charge < -0.3 is 4.57 Å². The molecule has 0 atom stereocenters. The van der Waals surface area contributed by atoms with Crippen LogP contribution in [0.1, 0.15) is 18.4 Å². The molecule has 3 heteroatoms. The van der Waals surface area contributed by atoms with Crippen molar-refractivity contribution >= 4 is 60.0 Å². The Balaban J connectivity index is 1.18. The minimum atomic E-state index is 0.866. The number of fused-ring (bicyclic) bond motifs is 9. The zero-order valence-electron chi connectivity index (χ0n) is 26.8. The van der Waals surface area contributed by atoms with Crippen molar-refractivity contribution < 1.29 is 0 Å². The predicted molar refractivity (Wildman–Crippen MR) is 206 cm³/mol. The Labute approximate surface area is 284 Å². The molecule has 0 saturated carbocycles. The second-order valence-corrected chi connectivity index (χ2v) is 12.9. The Kier molecular flexibility index (Phi) is 6.31. The fourth-order valence-electron chi connectivity index (χ4n) is 7.76. The van der Waals surface area contributed by atoms with Gasteiger partial charge in [-0.3, -0.25) is 4.98 Å². The highest BCUT2D eigenvalue weighted by Crippen LogP contribution is 2.40. The molecule has 0 aliphatic heterocycles. The second-order valence-electron chi connectivity index (χ2n) is 12.9. The van der Waals surface area contributed by atoms with Gasteiger partial charge in [-0.05, 0) is 76.2 Å². The number of hydrogen-bond acceptors (Lipinski definition) is 2. The van der Waals surface area contributed by atoms with Crippen molar-refractivity contribution in [2.75, 3.05) is 0 Å². The van der Waals surface area contributed by atoms with Crippen LogP contribution in [0.25, 0.3) is 88.0 Å². The van der Waals surface area contributed by atoms with Crippen LogP contribution in [0.3, 0.4) is 0 Å². The summed E-state index contributed by atoms with van der Waals surface area (Å²) in [4.78, 5) is 10.4. The zero-order valence-corrected chi connectivity index (χ0v) is 26.8. The number of benzene rings is 7. The summed E-state index contributed by atoms with van der Waals surface area (Å²) in [5.74, 6) is 0. The van der Waals surface area contributed by atoms with E-state index < -0.39 is 0 Å². The molecule has 7 aromatic carbocycles. The molecule has 0 bridgehead atoms. The molecule has 0 radical (unpaired) electrons. The minimum Gasteiger partial charge on any atom is -0.309 e. The van der Waals surface area contributed by atoms with E-state index in [1.54, 1.807) is 0 Å². The lowest BCUT2D eigenvalue weighted by atomic mass is 9.95. The summed E-state index contributed by atoms with van der Waals surface area (Å²) in [7, 11) is 0. The summed E-state index contributed by atoms with van der Waals surface area (Å²) in [5, 5.41) is 7.15. The van der Waals surface area contributed by atoms with E-state index in [-0.39, 0.29) is 0 Å². The maximum absolute atomic E-state index is 5.35. The van der Waals surface area contributed by atoms with Crippen molar-refractivity contribution in [2.24, 2.45) is 0 Å². The molecule has 2 heterocycles. The molecule has 49 heavy (non-hydrogen) atoms. The van der Waals surface area contributed by atoms with E-state index in [1.165, 1.54) is 43.7 Å². The average Bonchev–Trinajstić information content (AvgIpc) is 3.51. The fourth-order valence-corrected chi connectivity index (χ4v) is 7.76. The molecule has 0 unspecified atom stereocenters. The first-order valence-corrected chi connectivity index (χ1v) is 17.0. The maximum Gasteiger partial charge on any atom is 0.0979 e. The lowest BCUT2D eigenvalue weighted by Crippen LogP contribution is -1.95. The van der Waals surface area contributed by atoms with Crippen molar-refractivity contribution in [3.8, 4) is 28.1 Å². The number of nitrogens with zero attached hydrogens (tertiary/aromatic N) is 3. The van der Waals surface area contributed by atoms with Crippen molar-refractivity contribution in [3.63, 3.8) is 0 Å². The van der Waals surface area contributed by atoms with Crippen LogP contribution in [0.5, 0.6) is 0 Å². The summed E-state index contributed by atoms with van der Waals surface area (Å²) in [6, 6.07) is 50.1. The van der Waals surface area contributed by atoms with Crippen molar-refractivity contribution in [3.05, 3.63) is 170 Å². The number of hydrogen-bond donors (Lipinski definition) is 0. The van der Waals surface area contributed by atoms with Gasteiger partial charge in [0.1, 0.15) is 0 Å². The van der Waals surface area contributed by atoms with E-state index in [0.29, 0.717) is 0 Å². The third-order valence-electron chi connectivity index (χ3n) is 10.1. The average molecular weight is 626 g/mol. The molecule has 2 aromatic heterocycles. The molecule has 0 N–H and O–H groups in total. The molecule has 9 aromatic rings. The molecule has 0 saturated heterocycles. The van der Waals surface area contributed by atoms with E-state index in [0.717, 1.165) is 62.7 Å². The summed E-state index contributed by atoms with van der Waals surface area (Å²) in [6.45, 7) is 0. The quantitative estimate of drug-likeness (QED) is 0.182. The molecule has 10 rings (SSSR count). The highest BCUT2D eigenvalue weighted by molar-refractivity contribution is 6.23. The van der Waals surface area contributed by atoms with Gasteiger partial charge >= 0.3 is 0 Å². The smallest absolute Gasteiger partial charge is 0.0979 e. The van der Waals surface area contributed by atoms with E-state index >= 15 is 0 Å². The SMILES string of the molecule is C1=CC(c2ccc3c(c2)c2ccc(-c4ccccc4-c4cnc5c6ccccc6c6ccccc6c5n4)cc2n3-c2ccccc2)=CCC1. The van der Waals surface area contributed by atoms with Crippen LogP contribution in [0.4, 0.5) is 0 Å². The third-order valence-corrected chi connectivity index (χ3v) is 10.1. The normalized spacial score (nSPS) is 13.2. The lowest BCUT2D eigenvalue weighted by Gasteiger charge is -2.13. The van der Waals surface area contributed by atoms with E-state index in [9.17, 15) is 0 Å². The van der Waals surface area contributed by atoms with E-state index in [1.807, 2.05) is 6.20 Å². The van der Waals surface area contributed by atoms with E-state index in [4.69, 9.17) is 9.97 Å². The van der Waals surface area contributed by atoms with Gasteiger partial charge in [-0.1, -0.05) is 127 Å². The number of allylic oxidation sites excluding steroid dienone is 4. The summed E-state index contributed by atoms with van der Waals surface area (Å²) in [6.07, 6.45) is 11.0. The standard InChI is InChI=1S/C46H31N3/c1-3-13-30(14-4-1)31-24-26-43-41(27-31)38-25-23-32(28-44(38)49(43)33-15-5-2-6-16-33)34-17-7-10-20-37(34)42-29-47-45-39-21-11-8-18-35(39)36-19-9-12-22-40(36)46(45)48-42/h2-3,5-29H,1,4H2. The molecule has 3 nitrogen and oxygen atoms in total. The van der Waals surface area contributed by atoms with Crippen LogP contribution in [-0.4, -0.2) is 14.5 Å². The van der Waals surface area contributed by atoms with Gasteiger partial charge in [0.25, 0.3) is 0 Å².